The lowest BCUT2D eigenvalue weighted by Gasteiger charge is -2.25. The second-order valence-corrected chi connectivity index (χ2v) is 8.41. The van der Waals surface area contributed by atoms with Crippen LogP contribution in [0.4, 0.5) is 0 Å². The number of amides is 1. The maximum atomic E-state index is 13.1. The van der Waals surface area contributed by atoms with E-state index in [1.165, 1.54) is 7.11 Å². The molecular formula is C25H32N2O4. The molecule has 0 radical (unpaired) electrons. The first kappa shape index (κ1) is 24.3. The zero-order valence-corrected chi connectivity index (χ0v) is 19.2. The highest BCUT2D eigenvalue weighted by Gasteiger charge is 2.30. The van der Waals surface area contributed by atoms with Gasteiger partial charge < -0.3 is 4.74 Å². The summed E-state index contributed by atoms with van der Waals surface area (Å²) in [5, 5.41) is 1.16. The molecule has 6 nitrogen and oxygen atoms in total. The lowest BCUT2D eigenvalue weighted by atomic mass is 9.98. The predicted octanol–water partition coefficient (Wildman–Crippen LogP) is 4.28. The molecule has 0 aliphatic rings. The minimum Gasteiger partial charge on any atom is -0.458 e. The molecule has 2 atom stereocenters. The van der Waals surface area contributed by atoms with Gasteiger partial charge in [0.15, 0.2) is 0 Å². The van der Waals surface area contributed by atoms with Gasteiger partial charge in [0.1, 0.15) is 11.6 Å². The van der Waals surface area contributed by atoms with Crippen LogP contribution in [0.3, 0.4) is 0 Å². The Bertz CT molecular complexity index is 847. The highest BCUT2D eigenvalue weighted by molar-refractivity contribution is 6.13. The molecule has 0 saturated heterocycles. The summed E-state index contributed by atoms with van der Waals surface area (Å²) < 4.78 is 5.64. The van der Waals surface area contributed by atoms with Crippen LogP contribution in [-0.2, 0) is 19.2 Å². The van der Waals surface area contributed by atoms with Crippen molar-refractivity contribution >= 4 is 17.6 Å². The fraction of sp³-hybridized carbons (Fsp3) is 0.400. The van der Waals surface area contributed by atoms with Crippen molar-refractivity contribution in [2.45, 2.75) is 45.8 Å². The van der Waals surface area contributed by atoms with Gasteiger partial charge in [0, 0.05) is 24.1 Å². The molecule has 1 amide bonds. The van der Waals surface area contributed by atoms with E-state index >= 15 is 0 Å². The highest BCUT2D eigenvalue weighted by Crippen LogP contribution is 2.20. The first-order chi connectivity index (χ1) is 14.6. The standard InChI is InChI=1S/C25H32N2O4/c1-18(23(28)27(5)30-6)17-21(24(29)31-25(2,3)4)26-22(19-13-9-7-10-14-19)20-15-11-8-12-16-20/h7-16,18,21H,17H2,1-6H3/t18-,21-/m1/s1. The first-order valence-electron chi connectivity index (χ1n) is 10.4. The van der Waals surface area contributed by atoms with Gasteiger partial charge >= 0.3 is 5.97 Å². The van der Waals surface area contributed by atoms with E-state index in [1.54, 1.807) is 14.0 Å². The quantitative estimate of drug-likeness (QED) is 0.360. The summed E-state index contributed by atoms with van der Waals surface area (Å²) in [4.78, 5) is 35.5. The zero-order valence-electron chi connectivity index (χ0n) is 19.2. The fourth-order valence-electron chi connectivity index (χ4n) is 3.07. The van der Waals surface area contributed by atoms with Crippen molar-refractivity contribution in [3.05, 3.63) is 71.8 Å². The van der Waals surface area contributed by atoms with Gasteiger partial charge in [0.05, 0.1) is 12.8 Å². The van der Waals surface area contributed by atoms with Gasteiger partial charge in [-0.3, -0.25) is 14.6 Å². The van der Waals surface area contributed by atoms with Crippen LogP contribution in [0.5, 0.6) is 0 Å². The van der Waals surface area contributed by atoms with Crippen molar-refractivity contribution in [1.29, 1.82) is 0 Å². The van der Waals surface area contributed by atoms with Crippen molar-refractivity contribution in [1.82, 2.24) is 5.06 Å². The number of esters is 1. The van der Waals surface area contributed by atoms with Gasteiger partial charge in [-0.05, 0) is 27.2 Å². The van der Waals surface area contributed by atoms with Crippen molar-refractivity contribution in [2.24, 2.45) is 10.9 Å². The van der Waals surface area contributed by atoms with Gasteiger partial charge in [-0.25, -0.2) is 9.86 Å². The monoisotopic (exact) mass is 424 g/mol. The summed E-state index contributed by atoms with van der Waals surface area (Å²) in [7, 11) is 2.97. The second kappa shape index (κ2) is 10.9. The Labute approximate surface area is 184 Å². The largest absolute Gasteiger partial charge is 0.458 e. The van der Waals surface area contributed by atoms with E-state index in [4.69, 9.17) is 14.6 Å². The normalized spacial score (nSPS) is 13.1. The first-order valence-corrected chi connectivity index (χ1v) is 10.4. The summed E-state index contributed by atoms with van der Waals surface area (Å²) in [5.74, 6) is -1.18. The molecule has 2 aromatic rings. The Morgan fingerprint density at radius 1 is 0.968 bits per heavy atom. The van der Waals surface area contributed by atoms with Crippen molar-refractivity contribution in [3.8, 4) is 0 Å². The van der Waals surface area contributed by atoms with Crippen LogP contribution in [0, 0.1) is 5.92 Å². The van der Waals surface area contributed by atoms with Crippen LogP contribution in [0.15, 0.2) is 65.7 Å². The topological polar surface area (TPSA) is 68.2 Å². The summed E-state index contributed by atoms with van der Waals surface area (Å²) in [6.07, 6.45) is 0.199. The van der Waals surface area contributed by atoms with Crippen LogP contribution in [-0.4, -0.2) is 48.5 Å². The molecule has 0 saturated carbocycles. The molecular weight excluding hydrogens is 392 g/mol. The van der Waals surface area contributed by atoms with E-state index in [0.717, 1.165) is 16.2 Å². The molecule has 0 spiro atoms. The smallest absolute Gasteiger partial charge is 0.331 e. The molecule has 2 rings (SSSR count). The molecule has 0 fully saturated rings. The van der Waals surface area contributed by atoms with E-state index in [0.29, 0.717) is 5.71 Å². The number of ether oxygens (including phenoxy) is 1. The average molecular weight is 425 g/mol. The Morgan fingerprint density at radius 2 is 1.45 bits per heavy atom. The predicted molar refractivity (Wildman–Crippen MR) is 122 cm³/mol. The molecule has 0 unspecified atom stereocenters. The lowest BCUT2D eigenvalue weighted by Crippen LogP contribution is -2.37. The number of carbonyl (C=O) groups excluding carboxylic acids is 2. The molecule has 2 aromatic carbocycles. The van der Waals surface area contributed by atoms with Crippen LogP contribution in [0.2, 0.25) is 0 Å². The van der Waals surface area contributed by atoms with Crippen molar-refractivity contribution in [3.63, 3.8) is 0 Å². The third kappa shape index (κ3) is 7.33. The van der Waals surface area contributed by atoms with Gasteiger partial charge in [-0.2, -0.15) is 0 Å². The third-order valence-corrected chi connectivity index (χ3v) is 4.64. The Hall–Kier alpha value is -2.99. The lowest BCUT2D eigenvalue weighted by molar-refractivity contribution is -0.173. The van der Waals surface area contributed by atoms with E-state index in [9.17, 15) is 9.59 Å². The number of carbonyl (C=O) groups is 2. The van der Waals surface area contributed by atoms with Crippen LogP contribution < -0.4 is 0 Å². The van der Waals surface area contributed by atoms with Crippen molar-refractivity contribution < 1.29 is 19.2 Å². The number of aliphatic imine (C=N–C) groups is 1. The maximum absolute atomic E-state index is 13.1. The number of hydroxylamine groups is 2. The fourth-order valence-corrected chi connectivity index (χ4v) is 3.07. The maximum Gasteiger partial charge on any atom is 0.331 e. The number of rotatable bonds is 8. The van der Waals surface area contributed by atoms with Crippen LogP contribution in [0.25, 0.3) is 0 Å². The van der Waals surface area contributed by atoms with Crippen molar-refractivity contribution in [2.75, 3.05) is 14.2 Å². The summed E-state index contributed by atoms with van der Waals surface area (Å²) in [5.41, 5.74) is 1.78. The van der Waals surface area contributed by atoms with Gasteiger partial charge in [0.25, 0.3) is 0 Å². The average Bonchev–Trinajstić information content (AvgIpc) is 2.75. The molecule has 0 aliphatic carbocycles. The SMILES string of the molecule is CON(C)C(=O)[C@H](C)C[C@@H](N=C(c1ccccc1)c1ccccc1)C(=O)OC(C)(C)C. The van der Waals surface area contributed by atoms with Gasteiger partial charge in [-0.1, -0.05) is 67.6 Å². The van der Waals surface area contributed by atoms with Gasteiger partial charge in [0.2, 0.25) is 5.91 Å². The van der Waals surface area contributed by atoms with E-state index in [1.807, 2.05) is 81.4 Å². The summed E-state index contributed by atoms with van der Waals surface area (Å²) in [6.45, 7) is 7.20. The molecule has 0 aromatic heterocycles. The number of hydrogen-bond acceptors (Lipinski definition) is 5. The van der Waals surface area contributed by atoms with E-state index in [-0.39, 0.29) is 12.3 Å². The van der Waals surface area contributed by atoms with Crippen LogP contribution >= 0.6 is 0 Å². The number of nitrogens with zero attached hydrogens (tertiary/aromatic N) is 2. The molecule has 0 bridgehead atoms. The Kier molecular flexibility index (Phi) is 8.51. The molecule has 0 N–H and O–H groups in total. The highest BCUT2D eigenvalue weighted by atomic mass is 16.7. The minimum atomic E-state index is -0.848. The van der Waals surface area contributed by atoms with E-state index in [2.05, 4.69) is 0 Å². The molecule has 31 heavy (non-hydrogen) atoms. The third-order valence-electron chi connectivity index (χ3n) is 4.64. The number of hydrogen-bond donors (Lipinski definition) is 0. The zero-order chi connectivity index (χ0) is 23.0. The molecule has 166 valence electrons. The van der Waals surface area contributed by atoms with Crippen LogP contribution in [0.1, 0.15) is 45.2 Å². The molecule has 6 heteroatoms. The van der Waals surface area contributed by atoms with Gasteiger partial charge in [-0.15, -0.1) is 0 Å². The summed E-state index contributed by atoms with van der Waals surface area (Å²) >= 11 is 0. The Balaban J connectivity index is 2.49. The molecule has 0 aliphatic heterocycles. The second-order valence-electron chi connectivity index (χ2n) is 8.41. The molecule has 0 heterocycles. The number of benzene rings is 2. The minimum absolute atomic E-state index is 0.199. The summed E-state index contributed by atoms with van der Waals surface area (Å²) in [6, 6.07) is 18.5. The van der Waals surface area contributed by atoms with E-state index < -0.39 is 23.5 Å². The Morgan fingerprint density at radius 3 is 1.87 bits per heavy atom.